The Balaban J connectivity index is 2.54. The first-order valence-electron chi connectivity index (χ1n) is 6.33. The second kappa shape index (κ2) is 6.42. The number of nitrogens with one attached hydrogen (secondary N) is 1. The van der Waals surface area contributed by atoms with Crippen LogP contribution in [0, 0.1) is 5.41 Å². The lowest BCUT2D eigenvalue weighted by Gasteiger charge is -2.27. The Morgan fingerprint density at radius 1 is 1.56 bits per heavy atom. The minimum Gasteiger partial charge on any atom is -0.467 e. The molecule has 0 bridgehead atoms. The molecule has 0 saturated carbocycles. The fourth-order valence-electron chi connectivity index (χ4n) is 1.84. The van der Waals surface area contributed by atoms with Crippen molar-refractivity contribution in [2.75, 3.05) is 13.7 Å². The minimum atomic E-state index is -0.224. The minimum absolute atomic E-state index is 0.137. The Hall–Kier alpha value is -1.52. The molecule has 5 heteroatoms. The average molecular weight is 254 g/mol. The Morgan fingerprint density at radius 3 is 2.78 bits per heavy atom. The van der Waals surface area contributed by atoms with Crippen LogP contribution >= 0.6 is 0 Å². The van der Waals surface area contributed by atoms with Gasteiger partial charge in [-0.25, -0.2) is 0 Å². The van der Waals surface area contributed by atoms with Gasteiger partial charge in [0.2, 0.25) is 0 Å². The smallest absolute Gasteiger partial charge is 0.311 e. The van der Waals surface area contributed by atoms with E-state index < -0.39 is 0 Å². The van der Waals surface area contributed by atoms with Crippen molar-refractivity contribution in [3.8, 4) is 5.95 Å². The summed E-state index contributed by atoms with van der Waals surface area (Å²) in [4.78, 5) is 11.9. The van der Waals surface area contributed by atoms with E-state index >= 15 is 0 Å². The van der Waals surface area contributed by atoms with E-state index in [2.05, 4.69) is 31.2 Å². The molecule has 18 heavy (non-hydrogen) atoms. The SMILES string of the molecule is CCCC(C)(CC)CNC(=O)c1cc(OC)on1. The topological polar surface area (TPSA) is 64.4 Å². The second-order valence-corrected chi connectivity index (χ2v) is 4.83. The van der Waals surface area contributed by atoms with Crippen molar-refractivity contribution in [3.05, 3.63) is 11.8 Å². The van der Waals surface area contributed by atoms with E-state index in [-0.39, 0.29) is 23.0 Å². The summed E-state index contributed by atoms with van der Waals surface area (Å²) in [7, 11) is 1.47. The van der Waals surface area contributed by atoms with Crippen molar-refractivity contribution in [2.24, 2.45) is 5.41 Å². The Bertz CT molecular complexity index is 389. The van der Waals surface area contributed by atoms with Crippen LogP contribution in [-0.2, 0) is 0 Å². The monoisotopic (exact) mass is 254 g/mol. The first-order valence-corrected chi connectivity index (χ1v) is 6.33. The van der Waals surface area contributed by atoms with E-state index in [9.17, 15) is 4.79 Å². The van der Waals surface area contributed by atoms with E-state index in [0.29, 0.717) is 6.54 Å². The first kappa shape index (κ1) is 14.5. The van der Waals surface area contributed by atoms with Gasteiger partial charge in [-0.2, -0.15) is 0 Å². The molecule has 0 radical (unpaired) electrons. The Kier molecular flexibility index (Phi) is 5.19. The third-order valence-electron chi connectivity index (χ3n) is 3.31. The van der Waals surface area contributed by atoms with Crippen molar-refractivity contribution < 1.29 is 14.1 Å². The quantitative estimate of drug-likeness (QED) is 0.812. The molecule has 1 unspecified atom stereocenters. The number of aromatic nitrogens is 1. The highest BCUT2D eigenvalue weighted by molar-refractivity contribution is 5.92. The summed E-state index contributed by atoms with van der Waals surface area (Å²) in [6, 6.07) is 1.48. The molecular weight excluding hydrogens is 232 g/mol. The van der Waals surface area contributed by atoms with Crippen LogP contribution in [-0.4, -0.2) is 24.7 Å². The van der Waals surface area contributed by atoms with Crippen LogP contribution in [0.25, 0.3) is 0 Å². The summed E-state index contributed by atoms with van der Waals surface area (Å²) in [5, 5.41) is 6.54. The largest absolute Gasteiger partial charge is 0.467 e. The van der Waals surface area contributed by atoms with Gasteiger partial charge in [-0.3, -0.25) is 4.79 Å². The van der Waals surface area contributed by atoms with Gasteiger partial charge >= 0.3 is 5.95 Å². The van der Waals surface area contributed by atoms with Gasteiger partial charge in [-0.1, -0.05) is 32.3 Å². The molecule has 1 rings (SSSR count). The van der Waals surface area contributed by atoms with Gasteiger partial charge in [-0.15, -0.1) is 0 Å². The number of rotatable bonds is 7. The predicted molar refractivity (Wildman–Crippen MR) is 68.7 cm³/mol. The third kappa shape index (κ3) is 3.75. The van der Waals surface area contributed by atoms with Gasteiger partial charge in [-0.05, 0) is 18.3 Å². The number of carbonyl (C=O) groups is 1. The van der Waals surface area contributed by atoms with Crippen molar-refractivity contribution in [2.45, 2.75) is 40.0 Å². The van der Waals surface area contributed by atoms with E-state index in [4.69, 9.17) is 9.26 Å². The van der Waals surface area contributed by atoms with Gasteiger partial charge in [0, 0.05) is 6.54 Å². The Morgan fingerprint density at radius 2 is 2.28 bits per heavy atom. The zero-order valence-corrected chi connectivity index (χ0v) is 11.6. The lowest BCUT2D eigenvalue weighted by Crippen LogP contribution is -2.35. The van der Waals surface area contributed by atoms with Crippen LogP contribution < -0.4 is 10.1 Å². The van der Waals surface area contributed by atoms with Crippen LogP contribution in [0.15, 0.2) is 10.6 Å². The molecule has 1 atom stereocenters. The number of ether oxygens (including phenoxy) is 1. The molecule has 0 fully saturated rings. The molecule has 0 aliphatic carbocycles. The van der Waals surface area contributed by atoms with Gasteiger partial charge < -0.3 is 14.6 Å². The lowest BCUT2D eigenvalue weighted by molar-refractivity contribution is 0.0919. The highest BCUT2D eigenvalue weighted by Gasteiger charge is 2.23. The number of hydrogen-bond acceptors (Lipinski definition) is 4. The normalized spacial score (nSPS) is 14.0. The van der Waals surface area contributed by atoms with Gasteiger partial charge in [0.05, 0.1) is 13.2 Å². The standard InChI is InChI=1S/C13H22N2O3/c1-5-7-13(3,6-2)9-14-12(16)10-8-11(17-4)18-15-10/h8H,5-7,9H2,1-4H3,(H,14,16). The van der Waals surface area contributed by atoms with Crippen LogP contribution in [0.2, 0.25) is 0 Å². The molecule has 0 aliphatic heterocycles. The fraction of sp³-hybridized carbons (Fsp3) is 0.692. The van der Waals surface area contributed by atoms with E-state index in [1.165, 1.54) is 13.2 Å². The molecule has 102 valence electrons. The molecule has 0 aliphatic rings. The molecule has 1 heterocycles. The molecule has 0 saturated heterocycles. The highest BCUT2D eigenvalue weighted by atomic mass is 16.6. The fourth-order valence-corrected chi connectivity index (χ4v) is 1.84. The van der Waals surface area contributed by atoms with Crippen molar-refractivity contribution in [1.82, 2.24) is 10.5 Å². The molecule has 0 spiro atoms. The summed E-state index contributed by atoms with van der Waals surface area (Å²) >= 11 is 0. The number of amides is 1. The van der Waals surface area contributed by atoms with Crippen molar-refractivity contribution in [3.63, 3.8) is 0 Å². The molecule has 1 N–H and O–H groups in total. The van der Waals surface area contributed by atoms with E-state index in [1.54, 1.807) is 0 Å². The second-order valence-electron chi connectivity index (χ2n) is 4.83. The summed E-state index contributed by atoms with van der Waals surface area (Å²) in [5.74, 6) is 0.0183. The summed E-state index contributed by atoms with van der Waals surface area (Å²) in [6.07, 6.45) is 3.23. The molecule has 0 aromatic carbocycles. The van der Waals surface area contributed by atoms with Crippen LogP contribution in [0.3, 0.4) is 0 Å². The maximum atomic E-state index is 11.9. The molecule has 1 amide bonds. The summed E-state index contributed by atoms with van der Waals surface area (Å²) in [6.45, 7) is 7.12. The maximum absolute atomic E-state index is 11.9. The number of nitrogens with zero attached hydrogens (tertiary/aromatic N) is 1. The van der Waals surface area contributed by atoms with Crippen LogP contribution in [0.5, 0.6) is 5.95 Å². The first-order chi connectivity index (χ1) is 8.54. The van der Waals surface area contributed by atoms with E-state index in [1.807, 2.05) is 0 Å². The zero-order valence-electron chi connectivity index (χ0n) is 11.6. The Labute approximate surface area is 108 Å². The number of methoxy groups -OCH3 is 1. The van der Waals surface area contributed by atoms with Gasteiger partial charge in [0.25, 0.3) is 5.91 Å². The van der Waals surface area contributed by atoms with Gasteiger partial charge in [0.1, 0.15) is 0 Å². The average Bonchev–Trinajstić information content (AvgIpc) is 2.85. The highest BCUT2D eigenvalue weighted by Crippen LogP contribution is 2.26. The number of hydrogen-bond donors (Lipinski definition) is 1. The van der Waals surface area contributed by atoms with Crippen LogP contribution in [0.1, 0.15) is 50.5 Å². The third-order valence-corrected chi connectivity index (χ3v) is 3.31. The zero-order chi connectivity index (χ0) is 13.6. The molecular formula is C13H22N2O3. The predicted octanol–water partition coefficient (Wildman–Crippen LogP) is 2.63. The number of carbonyl (C=O) groups excluding carboxylic acids is 1. The van der Waals surface area contributed by atoms with Gasteiger partial charge in [0.15, 0.2) is 5.69 Å². The van der Waals surface area contributed by atoms with Crippen molar-refractivity contribution in [1.29, 1.82) is 0 Å². The van der Waals surface area contributed by atoms with E-state index in [0.717, 1.165) is 19.3 Å². The molecule has 1 aromatic rings. The molecule has 5 nitrogen and oxygen atoms in total. The van der Waals surface area contributed by atoms with Crippen molar-refractivity contribution >= 4 is 5.91 Å². The lowest BCUT2D eigenvalue weighted by atomic mass is 9.83. The summed E-state index contributed by atoms with van der Waals surface area (Å²) in [5.41, 5.74) is 0.389. The molecule has 1 aromatic heterocycles. The summed E-state index contributed by atoms with van der Waals surface area (Å²) < 4.78 is 9.65. The maximum Gasteiger partial charge on any atom is 0.311 e. The van der Waals surface area contributed by atoms with Crippen LogP contribution in [0.4, 0.5) is 0 Å².